The third-order valence-electron chi connectivity index (χ3n) is 2.65. The lowest BCUT2D eigenvalue weighted by Crippen LogP contribution is -2.41. The summed E-state index contributed by atoms with van der Waals surface area (Å²) in [7, 11) is 0. The normalized spacial score (nSPS) is 12.3. The number of hydrogen-bond donors (Lipinski definition) is 3. The second-order valence-corrected chi connectivity index (χ2v) is 4.46. The minimum absolute atomic E-state index is 0.0114. The van der Waals surface area contributed by atoms with Gasteiger partial charge in [0.05, 0.1) is 12.9 Å². The van der Waals surface area contributed by atoms with Crippen LogP contribution in [-0.4, -0.2) is 41.3 Å². The van der Waals surface area contributed by atoms with E-state index in [0.717, 1.165) is 19.3 Å². The van der Waals surface area contributed by atoms with Crippen LogP contribution in [0.25, 0.3) is 0 Å². The van der Waals surface area contributed by atoms with Gasteiger partial charge in [-0.05, 0) is 18.9 Å². The van der Waals surface area contributed by atoms with E-state index in [9.17, 15) is 9.59 Å². The maximum Gasteiger partial charge on any atom is 0.326 e. The Bertz CT molecular complexity index is 304. The summed E-state index contributed by atoms with van der Waals surface area (Å²) in [5.41, 5.74) is 0. The number of aliphatic carboxylic acids is 1. The maximum absolute atomic E-state index is 11.5. The molecule has 0 fully saturated rings. The summed E-state index contributed by atoms with van der Waals surface area (Å²) in [5.74, 6) is -1.48. The lowest BCUT2D eigenvalue weighted by atomic mass is 10.2. The number of carboxylic acid groups (broad SMARTS) is 1. The van der Waals surface area contributed by atoms with E-state index in [-0.39, 0.29) is 25.4 Å². The van der Waals surface area contributed by atoms with Crippen LogP contribution in [0.2, 0.25) is 0 Å². The zero-order valence-corrected chi connectivity index (χ0v) is 12.0. The molecular formula is C14H25NO5. The van der Waals surface area contributed by atoms with E-state index in [2.05, 4.69) is 12.2 Å². The van der Waals surface area contributed by atoms with E-state index in [1.54, 1.807) is 12.3 Å². The van der Waals surface area contributed by atoms with E-state index in [0.29, 0.717) is 13.0 Å². The molecule has 0 aliphatic heterocycles. The fourth-order valence-electron chi connectivity index (χ4n) is 1.51. The minimum Gasteiger partial charge on any atom is -0.502 e. The van der Waals surface area contributed by atoms with E-state index < -0.39 is 12.0 Å². The first-order chi connectivity index (χ1) is 9.61. The fraction of sp³-hybridized carbons (Fsp3) is 0.714. The van der Waals surface area contributed by atoms with Crippen molar-refractivity contribution in [2.24, 2.45) is 0 Å². The number of rotatable bonds is 12. The van der Waals surface area contributed by atoms with Crippen LogP contribution in [0.5, 0.6) is 0 Å². The van der Waals surface area contributed by atoms with Gasteiger partial charge in [-0.1, -0.05) is 19.8 Å². The highest BCUT2D eigenvalue weighted by Crippen LogP contribution is 1.98. The molecule has 6 heteroatoms. The van der Waals surface area contributed by atoms with E-state index in [1.807, 2.05) is 0 Å². The number of amides is 1. The Morgan fingerprint density at radius 3 is 2.70 bits per heavy atom. The SMILES string of the molecule is CCCCCOC=CCCC(=O)N[C@@H](CCO)C(=O)O. The monoisotopic (exact) mass is 287 g/mol. The average Bonchev–Trinajstić information content (AvgIpc) is 2.41. The molecule has 3 N–H and O–H groups in total. The Balaban J connectivity index is 3.71. The fourth-order valence-corrected chi connectivity index (χ4v) is 1.51. The largest absolute Gasteiger partial charge is 0.502 e. The zero-order valence-electron chi connectivity index (χ0n) is 12.0. The molecule has 20 heavy (non-hydrogen) atoms. The molecule has 0 aliphatic rings. The molecule has 0 saturated heterocycles. The van der Waals surface area contributed by atoms with Crippen molar-refractivity contribution < 1.29 is 24.5 Å². The molecule has 1 atom stereocenters. The Morgan fingerprint density at radius 1 is 1.35 bits per heavy atom. The van der Waals surface area contributed by atoms with E-state index in [1.165, 1.54) is 0 Å². The molecular weight excluding hydrogens is 262 g/mol. The standard InChI is InChI=1S/C14H25NO5/c1-2-3-5-10-20-11-6-4-7-13(17)15-12(8-9-16)14(18)19/h6,11-12,16H,2-5,7-10H2,1H3,(H,15,17)(H,18,19)/t12-/m0/s1. The molecule has 6 nitrogen and oxygen atoms in total. The van der Waals surface area contributed by atoms with Gasteiger partial charge in [-0.3, -0.25) is 4.79 Å². The number of carbonyl (C=O) groups is 2. The molecule has 1 amide bonds. The third kappa shape index (κ3) is 10.4. The smallest absolute Gasteiger partial charge is 0.326 e. The second-order valence-electron chi connectivity index (χ2n) is 4.46. The average molecular weight is 287 g/mol. The van der Waals surface area contributed by atoms with Crippen LogP contribution in [0, 0.1) is 0 Å². The summed E-state index contributed by atoms with van der Waals surface area (Å²) in [6, 6.07) is -1.03. The Morgan fingerprint density at radius 2 is 2.10 bits per heavy atom. The number of carboxylic acids is 1. The molecule has 0 aliphatic carbocycles. The molecule has 0 unspecified atom stereocenters. The van der Waals surface area contributed by atoms with Crippen molar-refractivity contribution in [1.29, 1.82) is 0 Å². The van der Waals surface area contributed by atoms with Crippen LogP contribution in [0.15, 0.2) is 12.3 Å². The van der Waals surface area contributed by atoms with Gasteiger partial charge in [0.2, 0.25) is 5.91 Å². The summed E-state index contributed by atoms with van der Waals surface area (Å²) >= 11 is 0. The predicted molar refractivity (Wildman–Crippen MR) is 75.1 cm³/mol. The molecule has 0 aromatic rings. The quantitative estimate of drug-likeness (QED) is 0.373. The summed E-state index contributed by atoms with van der Waals surface area (Å²) in [6.07, 6.45) is 7.32. The molecule has 0 saturated carbocycles. The highest BCUT2D eigenvalue weighted by atomic mass is 16.5. The topological polar surface area (TPSA) is 95.9 Å². The van der Waals surface area contributed by atoms with Gasteiger partial charge in [0.15, 0.2) is 0 Å². The van der Waals surface area contributed by atoms with Crippen molar-refractivity contribution in [3.05, 3.63) is 12.3 Å². The Hall–Kier alpha value is -1.56. The first-order valence-corrected chi connectivity index (χ1v) is 7.01. The number of carbonyl (C=O) groups excluding carboxylic acids is 1. The summed E-state index contributed by atoms with van der Waals surface area (Å²) in [6.45, 7) is 2.52. The number of allylic oxidation sites excluding steroid dienone is 1. The summed E-state index contributed by atoms with van der Waals surface area (Å²) < 4.78 is 5.24. The van der Waals surface area contributed by atoms with Crippen LogP contribution in [0.3, 0.4) is 0 Å². The first kappa shape index (κ1) is 18.4. The van der Waals surface area contributed by atoms with Crippen LogP contribution >= 0.6 is 0 Å². The van der Waals surface area contributed by atoms with Crippen LogP contribution in [-0.2, 0) is 14.3 Å². The molecule has 0 radical (unpaired) electrons. The Labute approximate surface area is 119 Å². The summed E-state index contributed by atoms with van der Waals surface area (Å²) in [4.78, 5) is 22.2. The summed E-state index contributed by atoms with van der Waals surface area (Å²) in [5, 5.41) is 19.9. The van der Waals surface area contributed by atoms with Gasteiger partial charge in [0.25, 0.3) is 0 Å². The second kappa shape index (κ2) is 12.5. The number of ether oxygens (including phenoxy) is 1. The highest BCUT2D eigenvalue weighted by Gasteiger charge is 2.18. The van der Waals surface area contributed by atoms with E-state index in [4.69, 9.17) is 14.9 Å². The van der Waals surface area contributed by atoms with Gasteiger partial charge in [-0.25, -0.2) is 4.79 Å². The number of aliphatic hydroxyl groups excluding tert-OH is 1. The van der Waals surface area contributed by atoms with Crippen molar-refractivity contribution >= 4 is 11.9 Å². The number of unbranched alkanes of at least 4 members (excludes halogenated alkanes) is 2. The molecule has 0 rings (SSSR count). The van der Waals surface area contributed by atoms with Crippen molar-refractivity contribution in [3.8, 4) is 0 Å². The van der Waals surface area contributed by atoms with Crippen LogP contribution in [0.4, 0.5) is 0 Å². The molecule has 0 heterocycles. The van der Waals surface area contributed by atoms with E-state index >= 15 is 0 Å². The Kier molecular flexibility index (Phi) is 11.5. The molecule has 116 valence electrons. The first-order valence-electron chi connectivity index (χ1n) is 7.01. The zero-order chi connectivity index (χ0) is 15.2. The van der Waals surface area contributed by atoms with Crippen molar-refractivity contribution in [2.75, 3.05) is 13.2 Å². The highest BCUT2D eigenvalue weighted by molar-refractivity contribution is 5.83. The number of hydrogen-bond acceptors (Lipinski definition) is 4. The van der Waals surface area contributed by atoms with Gasteiger partial charge in [-0.2, -0.15) is 0 Å². The maximum atomic E-state index is 11.5. The van der Waals surface area contributed by atoms with Crippen molar-refractivity contribution in [1.82, 2.24) is 5.32 Å². The van der Waals surface area contributed by atoms with Gasteiger partial charge in [-0.15, -0.1) is 0 Å². The van der Waals surface area contributed by atoms with Crippen LogP contribution in [0.1, 0.15) is 45.4 Å². The molecule has 0 bridgehead atoms. The molecule has 0 aromatic carbocycles. The minimum atomic E-state index is -1.14. The number of nitrogens with one attached hydrogen (secondary N) is 1. The lowest BCUT2D eigenvalue weighted by Gasteiger charge is -2.12. The molecule has 0 aromatic heterocycles. The van der Waals surface area contributed by atoms with Crippen molar-refractivity contribution in [2.45, 2.75) is 51.5 Å². The third-order valence-corrected chi connectivity index (χ3v) is 2.65. The lowest BCUT2D eigenvalue weighted by molar-refractivity contribution is -0.142. The van der Waals surface area contributed by atoms with Gasteiger partial charge >= 0.3 is 5.97 Å². The molecule has 0 spiro atoms. The predicted octanol–water partition coefficient (Wildman–Crippen LogP) is 1.44. The number of aliphatic hydroxyl groups is 1. The van der Waals surface area contributed by atoms with Crippen LogP contribution < -0.4 is 5.32 Å². The van der Waals surface area contributed by atoms with Gasteiger partial charge in [0.1, 0.15) is 6.04 Å². The van der Waals surface area contributed by atoms with Gasteiger partial charge < -0.3 is 20.3 Å². The van der Waals surface area contributed by atoms with Crippen molar-refractivity contribution in [3.63, 3.8) is 0 Å². The van der Waals surface area contributed by atoms with Gasteiger partial charge in [0, 0.05) is 19.4 Å².